The van der Waals surface area contributed by atoms with E-state index in [4.69, 9.17) is 0 Å². The third-order valence-electron chi connectivity index (χ3n) is 5.43. The summed E-state index contributed by atoms with van der Waals surface area (Å²) in [6.45, 7) is 9.16. The molecule has 0 aliphatic carbocycles. The summed E-state index contributed by atoms with van der Waals surface area (Å²) in [4.78, 5) is 2.70. The predicted molar refractivity (Wildman–Crippen MR) is 108 cm³/mol. The van der Waals surface area contributed by atoms with Gasteiger partial charge in [-0.3, -0.25) is 4.90 Å². The Morgan fingerprint density at radius 2 is 1.44 bits per heavy atom. The maximum Gasteiger partial charge on any atom is 0.0363 e. The van der Waals surface area contributed by atoms with Crippen LogP contribution in [0.4, 0.5) is 0 Å². The molecule has 1 fully saturated rings. The third-order valence-corrected chi connectivity index (χ3v) is 5.43. The third kappa shape index (κ3) is 3.29. The summed E-state index contributed by atoms with van der Waals surface area (Å²) in [7, 11) is 0. The van der Waals surface area contributed by atoms with Crippen LogP contribution in [0.15, 0.2) is 54.6 Å². The molecule has 0 spiro atoms. The molecular formula is C23H28N2. The highest BCUT2D eigenvalue weighted by Gasteiger charge is 2.26. The number of fused-ring (bicyclic) bond motifs is 2. The molecule has 0 amide bonds. The van der Waals surface area contributed by atoms with Crippen molar-refractivity contribution in [3.8, 4) is 0 Å². The van der Waals surface area contributed by atoms with Gasteiger partial charge in [-0.25, -0.2) is 0 Å². The molecule has 1 aliphatic heterocycles. The SMILES string of the molecule is CC(C)C[C@@H](c1c2ccccc2cc2ccccc12)N1CCNCC1. The largest absolute Gasteiger partial charge is 0.314 e. The minimum absolute atomic E-state index is 0.484. The van der Waals surface area contributed by atoms with Crippen molar-refractivity contribution in [2.24, 2.45) is 5.92 Å². The average Bonchev–Trinajstić information content (AvgIpc) is 2.65. The van der Waals surface area contributed by atoms with Crippen LogP contribution >= 0.6 is 0 Å². The zero-order valence-electron chi connectivity index (χ0n) is 15.3. The van der Waals surface area contributed by atoms with Crippen molar-refractivity contribution in [3.63, 3.8) is 0 Å². The van der Waals surface area contributed by atoms with E-state index < -0.39 is 0 Å². The van der Waals surface area contributed by atoms with E-state index in [0.29, 0.717) is 12.0 Å². The first-order chi connectivity index (χ1) is 12.2. The van der Waals surface area contributed by atoms with Crippen molar-refractivity contribution in [2.45, 2.75) is 26.3 Å². The molecule has 4 rings (SSSR count). The van der Waals surface area contributed by atoms with E-state index in [0.717, 1.165) is 26.2 Å². The van der Waals surface area contributed by atoms with Crippen LogP contribution in [0.25, 0.3) is 21.5 Å². The van der Waals surface area contributed by atoms with Gasteiger partial charge >= 0.3 is 0 Å². The van der Waals surface area contributed by atoms with Gasteiger partial charge < -0.3 is 5.32 Å². The highest BCUT2D eigenvalue weighted by molar-refractivity contribution is 6.02. The van der Waals surface area contributed by atoms with Gasteiger partial charge in [0.1, 0.15) is 0 Å². The Labute approximate surface area is 150 Å². The zero-order chi connectivity index (χ0) is 17.2. The van der Waals surface area contributed by atoms with Crippen LogP contribution in [0.1, 0.15) is 31.9 Å². The first kappa shape index (κ1) is 16.6. The lowest BCUT2D eigenvalue weighted by Gasteiger charge is -2.37. The molecule has 130 valence electrons. The fraction of sp³-hybridized carbons (Fsp3) is 0.391. The minimum Gasteiger partial charge on any atom is -0.314 e. The number of nitrogens with one attached hydrogen (secondary N) is 1. The Morgan fingerprint density at radius 3 is 2.00 bits per heavy atom. The molecular weight excluding hydrogens is 304 g/mol. The van der Waals surface area contributed by atoms with Crippen molar-refractivity contribution >= 4 is 21.5 Å². The number of rotatable bonds is 4. The number of benzene rings is 3. The van der Waals surface area contributed by atoms with E-state index in [1.807, 2.05) is 0 Å². The van der Waals surface area contributed by atoms with E-state index in [1.54, 1.807) is 0 Å². The lowest BCUT2D eigenvalue weighted by atomic mass is 9.87. The second-order valence-corrected chi connectivity index (χ2v) is 7.66. The molecule has 1 atom stereocenters. The first-order valence-corrected chi connectivity index (χ1v) is 9.59. The van der Waals surface area contributed by atoms with Crippen LogP contribution < -0.4 is 5.32 Å². The standard InChI is InChI=1S/C23H28N2/c1-17(2)15-22(25-13-11-24-12-14-25)23-20-9-5-3-7-18(20)16-19-8-4-6-10-21(19)23/h3-10,16-17,22,24H,11-15H2,1-2H3/t22-/m0/s1. The van der Waals surface area contributed by atoms with Gasteiger partial charge in [0.05, 0.1) is 0 Å². The van der Waals surface area contributed by atoms with Crippen LogP contribution in [-0.4, -0.2) is 31.1 Å². The van der Waals surface area contributed by atoms with E-state index in [2.05, 4.69) is 78.7 Å². The van der Waals surface area contributed by atoms with E-state index in [1.165, 1.54) is 33.5 Å². The molecule has 3 aromatic rings. The number of piperazine rings is 1. The topological polar surface area (TPSA) is 15.3 Å². The normalized spacial score (nSPS) is 17.4. The quantitative estimate of drug-likeness (QED) is 0.677. The Kier molecular flexibility index (Phi) is 4.74. The van der Waals surface area contributed by atoms with Crippen LogP contribution in [0, 0.1) is 5.92 Å². The second kappa shape index (κ2) is 7.15. The smallest absolute Gasteiger partial charge is 0.0363 e. The summed E-state index contributed by atoms with van der Waals surface area (Å²) in [6, 6.07) is 20.7. The van der Waals surface area contributed by atoms with E-state index >= 15 is 0 Å². The van der Waals surface area contributed by atoms with Crippen LogP contribution in [0.2, 0.25) is 0 Å². The molecule has 1 N–H and O–H groups in total. The Morgan fingerprint density at radius 1 is 0.880 bits per heavy atom. The molecule has 0 aromatic heterocycles. The van der Waals surface area contributed by atoms with Gasteiger partial charge in [0, 0.05) is 32.2 Å². The molecule has 0 saturated carbocycles. The number of hydrogen-bond acceptors (Lipinski definition) is 2. The van der Waals surface area contributed by atoms with Crippen molar-refractivity contribution < 1.29 is 0 Å². The van der Waals surface area contributed by atoms with Crippen molar-refractivity contribution in [2.75, 3.05) is 26.2 Å². The van der Waals surface area contributed by atoms with Crippen LogP contribution in [-0.2, 0) is 0 Å². The van der Waals surface area contributed by atoms with Gasteiger partial charge in [0.2, 0.25) is 0 Å². The Hall–Kier alpha value is -1.90. The zero-order valence-corrected chi connectivity index (χ0v) is 15.3. The van der Waals surface area contributed by atoms with Gasteiger partial charge in [0.15, 0.2) is 0 Å². The summed E-state index contributed by atoms with van der Waals surface area (Å²) in [5.74, 6) is 0.678. The van der Waals surface area contributed by atoms with Gasteiger partial charge in [0.25, 0.3) is 0 Å². The maximum absolute atomic E-state index is 3.51. The fourth-order valence-electron chi connectivity index (χ4n) is 4.30. The first-order valence-electron chi connectivity index (χ1n) is 9.59. The lowest BCUT2D eigenvalue weighted by Crippen LogP contribution is -2.45. The van der Waals surface area contributed by atoms with Crippen LogP contribution in [0.5, 0.6) is 0 Å². The summed E-state index contributed by atoms with van der Waals surface area (Å²) >= 11 is 0. The van der Waals surface area contributed by atoms with Crippen LogP contribution in [0.3, 0.4) is 0 Å². The van der Waals surface area contributed by atoms with E-state index in [9.17, 15) is 0 Å². The molecule has 1 aliphatic rings. The number of hydrogen-bond donors (Lipinski definition) is 1. The van der Waals surface area contributed by atoms with Gasteiger partial charge in [-0.2, -0.15) is 0 Å². The summed E-state index contributed by atoms with van der Waals surface area (Å²) < 4.78 is 0. The molecule has 1 saturated heterocycles. The van der Waals surface area contributed by atoms with Gasteiger partial charge in [-0.1, -0.05) is 62.4 Å². The van der Waals surface area contributed by atoms with Gasteiger partial charge in [-0.05, 0) is 45.5 Å². The monoisotopic (exact) mass is 332 g/mol. The Bertz CT molecular complexity index is 808. The highest BCUT2D eigenvalue weighted by atomic mass is 15.2. The summed E-state index contributed by atoms with van der Waals surface area (Å²) in [5, 5.41) is 9.07. The lowest BCUT2D eigenvalue weighted by molar-refractivity contribution is 0.156. The second-order valence-electron chi connectivity index (χ2n) is 7.66. The molecule has 0 unspecified atom stereocenters. The molecule has 1 heterocycles. The van der Waals surface area contributed by atoms with Gasteiger partial charge in [-0.15, -0.1) is 0 Å². The fourth-order valence-corrected chi connectivity index (χ4v) is 4.30. The molecule has 2 nitrogen and oxygen atoms in total. The maximum atomic E-state index is 3.51. The number of nitrogens with zero attached hydrogens (tertiary/aromatic N) is 1. The highest BCUT2D eigenvalue weighted by Crippen LogP contribution is 2.38. The summed E-state index contributed by atoms with van der Waals surface area (Å²) in [6.07, 6.45) is 1.21. The minimum atomic E-state index is 0.484. The molecule has 3 aromatic carbocycles. The molecule has 0 bridgehead atoms. The summed E-state index contributed by atoms with van der Waals surface area (Å²) in [5.41, 5.74) is 1.53. The van der Waals surface area contributed by atoms with Crippen molar-refractivity contribution in [1.29, 1.82) is 0 Å². The Balaban J connectivity index is 1.95. The van der Waals surface area contributed by atoms with Crippen molar-refractivity contribution in [3.05, 3.63) is 60.2 Å². The van der Waals surface area contributed by atoms with E-state index in [-0.39, 0.29) is 0 Å². The molecule has 2 heteroatoms. The molecule has 25 heavy (non-hydrogen) atoms. The average molecular weight is 332 g/mol. The predicted octanol–water partition coefficient (Wildman–Crippen LogP) is 4.99. The molecule has 0 radical (unpaired) electrons. The van der Waals surface area contributed by atoms with Crippen molar-refractivity contribution in [1.82, 2.24) is 10.2 Å².